The van der Waals surface area contributed by atoms with Gasteiger partial charge in [0.05, 0.1) is 6.61 Å². The van der Waals surface area contributed by atoms with E-state index in [2.05, 4.69) is 84.3 Å². The highest BCUT2D eigenvalue weighted by molar-refractivity contribution is 5.79. The van der Waals surface area contributed by atoms with Gasteiger partial charge in [-0.1, -0.05) is 85.5 Å². The normalized spacial score (nSPS) is 20.0. The highest BCUT2D eigenvalue weighted by Crippen LogP contribution is 2.47. The molecular weight excluding hydrogens is 537 g/mol. The van der Waals surface area contributed by atoms with Gasteiger partial charge in [0.2, 0.25) is 5.67 Å². The topological polar surface area (TPSA) is 38.8 Å². The van der Waals surface area contributed by atoms with Gasteiger partial charge in [-0.05, 0) is 78.6 Å². The number of hydrogen-bond acceptors (Lipinski definition) is 4. The Morgan fingerprint density at radius 1 is 1.02 bits per heavy atom. The van der Waals surface area contributed by atoms with Crippen molar-refractivity contribution in [3.8, 4) is 5.75 Å². The number of hydrogen-bond donors (Lipinski definition) is 0. The summed E-state index contributed by atoms with van der Waals surface area (Å²) in [6.07, 6.45) is 8.49. The summed E-state index contributed by atoms with van der Waals surface area (Å²) in [5.74, 6) is 0.570. The van der Waals surface area contributed by atoms with Crippen LogP contribution in [0.15, 0.2) is 115 Å². The van der Waals surface area contributed by atoms with E-state index in [0.717, 1.165) is 35.4 Å². The Morgan fingerprint density at radius 3 is 2.40 bits per heavy atom. The minimum absolute atomic E-state index is 0.118. The van der Waals surface area contributed by atoms with Crippen molar-refractivity contribution < 1.29 is 18.7 Å². The number of likely N-dealkylation sites (tertiary alicyclic amines) is 1. The van der Waals surface area contributed by atoms with Gasteiger partial charge in [0.1, 0.15) is 12.4 Å². The summed E-state index contributed by atoms with van der Waals surface area (Å²) in [6, 6.07) is 27.4. The summed E-state index contributed by atoms with van der Waals surface area (Å²) >= 11 is 0. The lowest BCUT2D eigenvalue weighted by Gasteiger charge is -2.37. The first-order valence-electron chi connectivity index (χ1n) is 15.4. The SMILES string of the molecule is C=C(/C=C\C(=C/C)N1CCC(F)(C(=O)OCC)CC1)[C@@H]1c2ccc(OCc3ccccc3)cc2CC[C@@H]1c1ccccc1. The molecule has 3 aromatic rings. The molecule has 1 aliphatic heterocycles. The molecule has 0 bridgehead atoms. The number of rotatable bonds is 10. The molecule has 43 heavy (non-hydrogen) atoms. The van der Waals surface area contributed by atoms with E-state index in [4.69, 9.17) is 9.47 Å². The quantitative estimate of drug-likeness (QED) is 0.178. The first kappa shape index (κ1) is 30.3. The Bertz CT molecular complexity index is 1460. The highest BCUT2D eigenvalue weighted by Gasteiger charge is 2.43. The third-order valence-corrected chi connectivity index (χ3v) is 8.78. The van der Waals surface area contributed by atoms with Gasteiger partial charge in [0.15, 0.2) is 0 Å². The molecule has 0 spiro atoms. The standard InChI is InChI=1S/C38H42FNO3/c1-4-32(40-24-22-38(39,23-25-40)37(41)42-5-2)18-16-28(3)36-34(30-14-10-7-11-15-30)20-17-31-26-33(19-21-35(31)36)43-27-29-12-8-6-9-13-29/h4,6-16,18-19,21,26,34,36H,3,5,17,20,22-25,27H2,1-2H3/b18-16-,32-4+/t34-,36+/m1/s1. The molecule has 1 fully saturated rings. The Kier molecular flexibility index (Phi) is 9.81. The van der Waals surface area contributed by atoms with Crippen molar-refractivity contribution in [2.24, 2.45) is 0 Å². The van der Waals surface area contributed by atoms with E-state index < -0.39 is 11.6 Å². The summed E-state index contributed by atoms with van der Waals surface area (Å²) < 4.78 is 26.3. The number of nitrogens with zero attached hydrogens (tertiary/aromatic N) is 1. The van der Waals surface area contributed by atoms with Crippen LogP contribution in [0.1, 0.15) is 67.2 Å². The number of piperidine rings is 1. The lowest BCUT2D eigenvalue weighted by Crippen LogP contribution is -2.46. The number of allylic oxidation sites excluding steroid dienone is 4. The third-order valence-electron chi connectivity index (χ3n) is 8.78. The molecule has 5 heteroatoms. The van der Waals surface area contributed by atoms with Gasteiger partial charge >= 0.3 is 5.97 Å². The second kappa shape index (κ2) is 13.9. The zero-order valence-corrected chi connectivity index (χ0v) is 25.3. The van der Waals surface area contributed by atoms with Crippen LogP contribution in [-0.2, 0) is 22.6 Å². The second-order valence-corrected chi connectivity index (χ2v) is 11.5. The van der Waals surface area contributed by atoms with Crippen molar-refractivity contribution >= 4 is 5.97 Å². The van der Waals surface area contributed by atoms with Crippen molar-refractivity contribution in [1.29, 1.82) is 0 Å². The van der Waals surface area contributed by atoms with E-state index in [0.29, 0.717) is 25.6 Å². The zero-order chi connectivity index (χ0) is 30.2. The molecule has 0 N–H and O–H groups in total. The first-order chi connectivity index (χ1) is 20.9. The fraction of sp³-hybridized carbons (Fsp3) is 0.342. The molecule has 0 radical (unpaired) electrons. The Morgan fingerprint density at radius 2 is 1.72 bits per heavy atom. The van der Waals surface area contributed by atoms with Crippen molar-refractivity contribution in [3.05, 3.63) is 137 Å². The van der Waals surface area contributed by atoms with Crippen LogP contribution in [0, 0.1) is 0 Å². The maximum Gasteiger partial charge on any atom is 0.344 e. The summed E-state index contributed by atoms with van der Waals surface area (Å²) in [5.41, 5.74) is 5.19. The molecular formula is C38H42FNO3. The van der Waals surface area contributed by atoms with Crippen LogP contribution in [0.25, 0.3) is 0 Å². The maximum atomic E-state index is 15.2. The second-order valence-electron chi connectivity index (χ2n) is 11.5. The van der Waals surface area contributed by atoms with Crippen molar-refractivity contribution in [2.75, 3.05) is 19.7 Å². The lowest BCUT2D eigenvalue weighted by molar-refractivity contribution is -0.160. The number of benzene rings is 3. The van der Waals surface area contributed by atoms with Gasteiger partial charge in [0, 0.05) is 37.5 Å². The van der Waals surface area contributed by atoms with Crippen LogP contribution in [0.2, 0.25) is 0 Å². The molecule has 224 valence electrons. The average molecular weight is 580 g/mol. The lowest BCUT2D eigenvalue weighted by atomic mass is 9.69. The van der Waals surface area contributed by atoms with Crippen molar-refractivity contribution in [3.63, 3.8) is 0 Å². The number of alkyl halides is 1. The highest BCUT2D eigenvalue weighted by atomic mass is 19.1. The van der Waals surface area contributed by atoms with E-state index in [1.54, 1.807) is 6.92 Å². The van der Waals surface area contributed by atoms with Crippen LogP contribution >= 0.6 is 0 Å². The van der Waals surface area contributed by atoms with Gasteiger partial charge in [-0.25, -0.2) is 9.18 Å². The van der Waals surface area contributed by atoms with E-state index >= 15 is 4.39 Å². The maximum absolute atomic E-state index is 15.2. The predicted molar refractivity (Wildman–Crippen MR) is 171 cm³/mol. The number of carbonyl (C=O) groups excluding carboxylic acids is 1. The van der Waals surface area contributed by atoms with Crippen LogP contribution in [-0.4, -0.2) is 36.2 Å². The molecule has 4 nitrogen and oxygen atoms in total. The van der Waals surface area contributed by atoms with Gasteiger partial charge in [0.25, 0.3) is 0 Å². The van der Waals surface area contributed by atoms with Gasteiger partial charge in [-0.2, -0.15) is 0 Å². The van der Waals surface area contributed by atoms with Gasteiger partial charge in [-0.15, -0.1) is 0 Å². The number of esters is 1. The van der Waals surface area contributed by atoms with Crippen LogP contribution < -0.4 is 4.74 Å². The molecule has 0 unspecified atom stereocenters. The van der Waals surface area contributed by atoms with Crippen molar-refractivity contribution in [2.45, 2.75) is 63.6 Å². The minimum atomic E-state index is -1.91. The summed E-state index contributed by atoms with van der Waals surface area (Å²) in [7, 11) is 0. The van der Waals surface area contributed by atoms with E-state index in [1.807, 2.05) is 31.2 Å². The summed E-state index contributed by atoms with van der Waals surface area (Å²) in [5, 5.41) is 0. The number of halogens is 1. The minimum Gasteiger partial charge on any atom is -0.489 e. The molecule has 0 saturated carbocycles. The monoisotopic (exact) mass is 579 g/mol. The fourth-order valence-electron chi connectivity index (χ4n) is 6.41. The van der Waals surface area contributed by atoms with E-state index in [1.165, 1.54) is 16.7 Å². The third kappa shape index (κ3) is 7.10. The Balaban J connectivity index is 1.34. The van der Waals surface area contributed by atoms with Crippen LogP contribution in [0.4, 0.5) is 4.39 Å². The molecule has 3 aromatic carbocycles. The average Bonchev–Trinajstić information content (AvgIpc) is 3.05. The van der Waals surface area contributed by atoms with Crippen molar-refractivity contribution in [1.82, 2.24) is 4.90 Å². The smallest absolute Gasteiger partial charge is 0.344 e. The number of ether oxygens (including phenoxy) is 2. The number of carbonyl (C=O) groups is 1. The predicted octanol–water partition coefficient (Wildman–Crippen LogP) is 8.46. The molecule has 2 atom stereocenters. The molecule has 1 aliphatic carbocycles. The Hall–Kier alpha value is -4.12. The van der Waals surface area contributed by atoms with E-state index in [9.17, 15) is 4.79 Å². The molecule has 1 saturated heterocycles. The van der Waals surface area contributed by atoms with Gasteiger partial charge in [-0.3, -0.25) is 0 Å². The fourth-order valence-corrected chi connectivity index (χ4v) is 6.41. The number of fused-ring (bicyclic) bond motifs is 1. The Labute approximate surface area is 255 Å². The van der Waals surface area contributed by atoms with E-state index in [-0.39, 0.29) is 25.4 Å². The molecule has 0 amide bonds. The van der Waals surface area contributed by atoms with Gasteiger partial charge < -0.3 is 14.4 Å². The molecule has 5 rings (SSSR count). The summed E-state index contributed by atoms with van der Waals surface area (Å²) in [4.78, 5) is 14.3. The zero-order valence-electron chi connectivity index (χ0n) is 25.3. The summed E-state index contributed by atoms with van der Waals surface area (Å²) in [6.45, 7) is 9.92. The van der Waals surface area contributed by atoms with Crippen LogP contribution in [0.3, 0.4) is 0 Å². The molecule has 1 heterocycles. The number of aryl methyl sites for hydroxylation is 1. The van der Waals surface area contributed by atoms with Crippen LogP contribution in [0.5, 0.6) is 5.75 Å². The molecule has 0 aromatic heterocycles. The first-order valence-corrected chi connectivity index (χ1v) is 15.4. The largest absolute Gasteiger partial charge is 0.489 e. The molecule has 2 aliphatic rings.